The summed E-state index contributed by atoms with van der Waals surface area (Å²) in [5.74, 6) is 0.0218. The van der Waals surface area contributed by atoms with Gasteiger partial charge in [0, 0.05) is 12.2 Å². The van der Waals surface area contributed by atoms with E-state index in [-0.39, 0.29) is 12.4 Å². The van der Waals surface area contributed by atoms with Gasteiger partial charge in [-0.3, -0.25) is 4.79 Å². The van der Waals surface area contributed by atoms with E-state index in [1.807, 2.05) is 32.0 Å². The van der Waals surface area contributed by atoms with Crippen LogP contribution in [0.1, 0.15) is 34.8 Å². The van der Waals surface area contributed by atoms with Crippen molar-refractivity contribution >= 4 is 5.78 Å². The smallest absolute Gasteiger partial charge is 0.188 e. The molecule has 0 aliphatic rings. The Kier molecular flexibility index (Phi) is 6.61. The first kappa shape index (κ1) is 14.9. The van der Waals surface area contributed by atoms with E-state index in [0.717, 1.165) is 18.6 Å². The first-order valence-electron chi connectivity index (χ1n) is 6.41. The lowest BCUT2D eigenvalue weighted by Crippen LogP contribution is -2.13. The standard InChI is InChI=1S/C15H22O3/c1-4-7-17-8-9-18-11-15(16)14-6-5-12(2)13(3)10-14/h5-6,10H,4,7-9,11H2,1-3H3. The van der Waals surface area contributed by atoms with Crippen LogP contribution in [0, 0.1) is 13.8 Å². The number of carbonyl (C=O) groups is 1. The highest BCUT2D eigenvalue weighted by molar-refractivity contribution is 5.97. The molecule has 18 heavy (non-hydrogen) atoms. The summed E-state index contributed by atoms with van der Waals surface area (Å²) in [4.78, 5) is 11.8. The van der Waals surface area contributed by atoms with E-state index in [2.05, 4.69) is 6.92 Å². The zero-order valence-electron chi connectivity index (χ0n) is 11.5. The molecule has 0 spiro atoms. The SMILES string of the molecule is CCCOCCOCC(=O)c1ccc(C)c(C)c1. The zero-order chi connectivity index (χ0) is 13.4. The van der Waals surface area contributed by atoms with Crippen molar-refractivity contribution in [3.05, 3.63) is 34.9 Å². The highest BCUT2D eigenvalue weighted by Gasteiger charge is 2.06. The number of ether oxygens (including phenoxy) is 2. The molecular weight excluding hydrogens is 228 g/mol. The predicted octanol–water partition coefficient (Wildman–Crippen LogP) is 2.93. The number of hydrogen-bond acceptors (Lipinski definition) is 3. The van der Waals surface area contributed by atoms with Gasteiger partial charge in [-0.1, -0.05) is 19.1 Å². The third kappa shape index (κ3) is 4.98. The van der Waals surface area contributed by atoms with Crippen molar-refractivity contribution < 1.29 is 14.3 Å². The number of aryl methyl sites for hydroxylation is 2. The Balaban J connectivity index is 2.30. The molecule has 100 valence electrons. The van der Waals surface area contributed by atoms with E-state index in [0.29, 0.717) is 18.8 Å². The van der Waals surface area contributed by atoms with Gasteiger partial charge in [0.1, 0.15) is 6.61 Å². The van der Waals surface area contributed by atoms with Crippen LogP contribution in [0.2, 0.25) is 0 Å². The lowest BCUT2D eigenvalue weighted by Gasteiger charge is -2.06. The van der Waals surface area contributed by atoms with Gasteiger partial charge in [0.05, 0.1) is 13.2 Å². The summed E-state index contributed by atoms with van der Waals surface area (Å²) in [5.41, 5.74) is 3.04. The predicted molar refractivity (Wildman–Crippen MR) is 72.2 cm³/mol. The molecule has 0 bridgehead atoms. The summed E-state index contributed by atoms with van der Waals surface area (Å²) in [7, 11) is 0. The zero-order valence-corrected chi connectivity index (χ0v) is 11.5. The fraction of sp³-hybridized carbons (Fsp3) is 0.533. The second-order valence-corrected chi connectivity index (χ2v) is 4.39. The molecule has 0 heterocycles. The summed E-state index contributed by atoms with van der Waals surface area (Å²) in [6.45, 7) is 7.98. The Hall–Kier alpha value is -1.19. The van der Waals surface area contributed by atoms with Gasteiger partial charge in [0.25, 0.3) is 0 Å². The van der Waals surface area contributed by atoms with Crippen LogP contribution in [0.3, 0.4) is 0 Å². The van der Waals surface area contributed by atoms with E-state index in [9.17, 15) is 4.79 Å². The normalized spacial score (nSPS) is 10.6. The van der Waals surface area contributed by atoms with Gasteiger partial charge < -0.3 is 9.47 Å². The van der Waals surface area contributed by atoms with Crippen LogP contribution in [0.4, 0.5) is 0 Å². The first-order chi connectivity index (χ1) is 8.65. The van der Waals surface area contributed by atoms with Crippen LogP contribution in [-0.4, -0.2) is 32.2 Å². The summed E-state index contributed by atoms with van der Waals surface area (Å²) < 4.78 is 10.6. The second kappa shape index (κ2) is 8.01. The quantitative estimate of drug-likeness (QED) is 0.525. The lowest BCUT2D eigenvalue weighted by atomic mass is 10.0. The van der Waals surface area contributed by atoms with Gasteiger partial charge >= 0.3 is 0 Å². The minimum absolute atomic E-state index is 0.0218. The lowest BCUT2D eigenvalue weighted by molar-refractivity contribution is 0.0441. The van der Waals surface area contributed by atoms with Crippen molar-refractivity contribution in [2.24, 2.45) is 0 Å². The summed E-state index contributed by atoms with van der Waals surface area (Å²) in [6, 6.07) is 5.73. The van der Waals surface area contributed by atoms with Crippen LogP contribution in [-0.2, 0) is 9.47 Å². The molecule has 0 radical (unpaired) electrons. The van der Waals surface area contributed by atoms with Crippen LogP contribution in [0.25, 0.3) is 0 Å². The van der Waals surface area contributed by atoms with E-state index in [1.165, 1.54) is 5.56 Å². The first-order valence-corrected chi connectivity index (χ1v) is 6.41. The number of Topliss-reactive ketones (excluding diaryl/α,β-unsaturated/α-hetero) is 1. The van der Waals surface area contributed by atoms with E-state index in [4.69, 9.17) is 9.47 Å². The molecule has 0 aliphatic carbocycles. The summed E-state index contributed by atoms with van der Waals surface area (Å²) in [6.07, 6.45) is 1.00. The second-order valence-electron chi connectivity index (χ2n) is 4.39. The maximum absolute atomic E-state index is 11.8. The van der Waals surface area contributed by atoms with Gasteiger partial charge in [-0.25, -0.2) is 0 Å². The Morgan fingerprint density at radius 1 is 1.06 bits per heavy atom. The highest BCUT2D eigenvalue weighted by atomic mass is 16.5. The van der Waals surface area contributed by atoms with Gasteiger partial charge in [-0.2, -0.15) is 0 Å². The van der Waals surface area contributed by atoms with E-state index in [1.54, 1.807) is 0 Å². The average Bonchev–Trinajstić information content (AvgIpc) is 2.36. The third-order valence-electron chi connectivity index (χ3n) is 2.78. The number of hydrogen-bond donors (Lipinski definition) is 0. The van der Waals surface area contributed by atoms with Crippen molar-refractivity contribution in [2.45, 2.75) is 27.2 Å². The van der Waals surface area contributed by atoms with Crippen molar-refractivity contribution in [3.8, 4) is 0 Å². The molecule has 0 aliphatic heterocycles. The van der Waals surface area contributed by atoms with Gasteiger partial charge in [0.2, 0.25) is 0 Å². The Morgan fingerprint density at radius 3 is 2.44 bits per heavy atom. The van der Waals surface area contributed by atoms with Crippen LogP contribution in [0.5, 0.6) is 0 Å². The molecule has 3 nitrogen and oxygen atoms in total. The largest absolute Gasteiger partial charge is 0.379 e. The van der Waals surface area contributed by atoms with Crippen LogP contribution >= 0.6 is 0 Å². The Morgan fingerprint density at radius 2 is 1.78 bits per heavy atom. The summed E-state index contributed by atoms with van der Waals surface area (Å²) in [5, 5.41) is 0. The minimum Gasteiger partial charge on any atom is -0.379 e. The fourth-order valence-electron chi connectivity index (χ4n) is 1.53. The fourth-order valence-corrected chi connectivity index (χ4v) is 1.53. The van der Waals surface area contributed by atoms with Crippen molar-refractivity contribution in [1.82, 2.24) is 0 Å². The summed E-state index contributed by atoms with van der Waals surface area (Å²) >= 11 is 0. The number of ketones is 1. The molecule has 0 atom stereocenters. The number of benzene rings is 1. The molecule has 1 aromatic carbocycles. The maximum Gasteiger partial charge on any atom is 0.188 e. The van der Waals surface area contributed by atoms with E-state index < -0.39 is 0 Å². The molecule has 0 amide bonds. The number of rotatable bonds is 8. The molecular formula is C15H22O3. The van der Waals surface area contributed by atoms with Crippen molar-refractivity contribution in [1.29, 1.82) is 0 Å². The average molecular weight is 250 g/mol. The molecule has 1 aromatic rings. The molecule has 0 unspecified atom stereocenters. The van der Waals surface area contributed by atoms with Crippen molar-refractivity contribution in [2.75, 3.05) is 26.4 Å². The number of carbonyl (C=O) groups excluding carboxylic acids is 1. The molecule has 0 aromatic heterocycles. The van der Waals surface area contributed by atoms with Gasteiger partial charge in [-0.15, -0.1) is 0 Å². The maximum atomic E-state index is 11.8. The monoisotopic (exact) mass is 250 g/mol. The molecule has 0 fully saturated rings. The molecule has 3 heteroatoms. The Labute approximate surface area is 109 Å². The third-order valence-corrected chi connectivity index (χ3v) is 2.78. The Bertz CT molecular complexity index is 385. The van der Waals surface area contributed by atoms with E-state index >= 15 is 0 Å². The minimum atomic E-state index is 0.0218. The highest BCUT2D eigenvalue weighted by Crippen LogP contribution is 2.10. The molecule has 1 rings (SSSR count). The van der Waals surface area contributed by atoms with Crippen LogP contribution < -0.4 is 0 Å². The van der Waals surface area contributed by atoms with Gasteiger partial charge in [-0.05, 0) is 37.5 Å². The molecule has 0 saturated heterocycles. The topological polar surface area (TPSA) is 35.5 Å². The van der Waals surface area contributed by atoms with Gasteiger partial charge in [0.15, 0.2) is 5.78 Å². The van der Waals surface area contributed by atoms with Crippen LogP contribution in [0.15, 0.2) is 18.2 Å². The van der Waals surface area contributed by atoms with Crippen molar-refractivity contribution in [3.63, 3.8) is 0 Å². The molecule has 0 N–H and O–H groups in total. The molecule has 0 saturated carbocycles.